The number of aromatic nitrogens is 6. The molecule has 7 nitrogen and oxygen atoms in total. The number of benzene rings is 1. The predicted octanol–water partition coefficient (Wildman–Crippen LogP) is 2.26. The first kappa shape index (κ1) is 13.0. The number of methoxy groups -OCH3 is 1. The first-order valence-electron chi connectivity index (χ1n) is 6.60. The molecular formula is C14H12N6OS. The molecule has 0 aliphatic heterocycles. The quantitative estimate of drug-likeness (QED) is 0.580. The van der Waals surface area contributed by atoms with Gasteiger partial charge in [0, 0.05) is 18.8 Å². The fourth-order valence-electron chi connectivity index (χ4n) is 2.21. The van der Waals surface area contributed by atoms with Crippen LogP contribution in [0.1, 0.15) is 0 Å². The number of rotatable bonds is 3. The molecule has 0 unspecified atom stereocenters. The molecule has 0 bridgehead atoms. The molecule has 0 radical (unpaired) electrons. The van der Waals surface area contributed by atoms with E-state index in [1.807, 2.05) is 37.5 Å². The number of fused-ring (bicyclic) bond motifs is 1. The Kier molecular flexibility index (Phi) is 2.90. The third-order valence-corrected chi connectivity index (χ3v) is 4.22. The van der Waals surface area contributed by atoms with Crippen molar-refractivity contribution in [2.45, 2.75) is 0 Å². The number of aryl methyl sites for hydroxylation is 1. The third kappa shape index (κ3) is 2.04. The molecule has 4 rings (SSSR count). The van der Waals surface area contributed by atoms with Crippen molar-refractivity contribution in [3.8, 4) is 27.7 Å². The average Bonchev–Trinajstić information content (AvgIpc) is 3.22. The molecule has 0 spiro atoms. The molecule has 0 saturated heterocycles. The van der Waals surface area contributed by atoms with Crippen LogP contribution in [0, 0.1) is 0 Å². The maximum Gasteiger partial charge on any atom is 0.235 e. The van der Waals surface area contributed by atoms with Crippen LogP contribution in [0.2, 0.25) is 0 Å². The normalized spacial score (nSPS) is 11.2. The van der Waals surface area contributed by atoms with Crippen molar-refractivity contribution in [3.63, 3.8) is 0 Å². The van der Waals surface area contributed by atoms with Crippen LogP contribution in [0.3, 0.4) is 0 Å². The van der Waals surface area contributed by atoms with E-state index in [1.54, 1.807) is 22.5 Å². The summed E-state index contributed by atoms with van der Waals surface area (Å²) in [5.74, 6) is 1.49. The van der Waals surface area contributed by atoms with Crippen LogP contribution in [0.5, 0.6) is 5.75 Å². The fourth-order valence-corrected chi connectivity index (χ4v) is 3.04. The zero-order valence-electron chi connectivity index (χ0n) is 12.0. The standard InChI is InChI=1S/C14H12N6OS/c1-19-8-10(7-15-19)12-16-17-14-20(12)18-13(22-14)9-4-3-5-11(6-9)21-2/h3-8H,1-2H3. The van der Waals surface area contributed by atoms with E-state index in [1.165, 1.54) is 11.3 Å². The van der Waals surface area contributed by atoms with Gasteiger partial charge in [-0.1, -0.05) is 23.5 Å². The lowest BCUT2D eigenvalue weighted by molar-refractivity contribution is 0.415. The Morgan fingerprint density at radius 3 is 2.86 bits per heavy atom. The lowest BCUT2D eigenvalue weighted by atomic mass is 10.2. The SMILES string of the molecule is COc1cccc(-c2nn3c(-c4cnn(C)c4)nnc3s2)c1. The van der Waals surface area contributed by atoms with Crippen LogP contribution >= 0.6 is 11.3 Å². The molecule has 0 aliphatic rings. The Labute approximate surface area is 129 Å². The van der Waals surface area contributed by atoms with E-state index in [2.05, 4.69) is 20.4 Å². The Hall–Kier alpha value is -2.74. The van der Waals surface area contributed by atoms with E-state index < -0.39 is 0 Å². The molecule has 1 aromatic carbocycles. The Balaban J connectivity index is 1.83. The van der Waals surface area contributed by atoms with E-state index in [-0.39, 0.29) is 0 Å². The van der Waals surface area contributed by atoms with Gasteiger partial charge in [0.05, 0.1) is 18.9 Å². The molecule has 3 heterocycles. The van der Waals surface area contributed by atoms with E-state index >= 15 is 0 Å². The van der Waals surface area contributed by atoms with Crippen molar-refractivity contribution < 1.29 is 4.74 Å². The highest BCUT2D eigenvalue weighted by molar-refractivity contribution is 7.19. The highest BCUT2D eigenvalue weighted by Gasteiger charge is 2.15. The lowest BCUT2D eigenvalue weighted by Crippen LogP contribution is -1.90. The Morgan fingerprint density at radius 2 is 2.09 bits per heavy atom. The van der Waals surface area contributed by atoms with Gasteiger partial charge in [-0.3, -0.25) is 4.68 Å². The summed E-state index contributed by atoms with van der Waals surface area (Å²) in [4.78, 5) is 0.747. The topological polar surface area (TPSA) is 70.1 Å². The minimum Gasteiger partial charge on any atom is -0.497 e. The highest BCUT2D eigenvalue weighted by atomic mass is 32.1. The second-order valence-electron chi connectivity index (χ2n) is 4.76. The van der Waals surface area contributed by atoms with Crippen LogP contribution in [0.25, 0.3) is 26.9 Å². The average molecular weight is 312 g/mol. The zero-order valence-corrected chi connectivity index (χ0v) is 12.8. The summed E-state index contributed by atoms with van der Waals surface area (Å²) in [5.41, 5.74) is 1.88. The van der Waals surface area contributed by atoms with Crippen LogP contribution in [-0.4, -0.2) is 36.7 Å². The van der Waals surface area contributed by atoms with Gasteiger partial charge in [-0.15, -0.1) is 10.2 Å². The predicted molar refractivity (Wildman–Crippen MR) is 82.8 cm³/mol. The zero-order chi connectivity index (χ0) is 15.1. The minimum absolute atomic E-state index is 0.688. The molecule has 3 aromatic heterocycles. The Morgan fingerprint density at radius 1 is 1.18 bits per heavy atom. The largest absolute Gasteiger partial charge is 0.497 e. The van der Waals surface area contributed by atoms with Crippen LogP contribution in [0.4, 0.5) is 0 Å². The molecule has 0 amide bonds. The summed E-state index contributed by atoms with van der Waals surface area (Å²) in [6.45, 7) is 0. The second-order valence-corrected chi connectivity index (χ2v) is 5.72. The molecule has 0 N–H and O–H groups in total. The monoisotopic (exact) mass is 312 g/mol. The van der Waals surface area contributed by atoms with Gasteiger partial charge < -0.3 is 4.74 Å². The third-order valence-electron chi connectivity index (χ3n) is 3.27. The Bertz CT molecular complexity index is 953. The number of ether oxygens (including phenoxy) is 1. The van der Waals surface area contributed by atoms with Gasteiger partial charge in [0.15, 0.2) is 5.82 Å². The van der Waals surface area contributed by atoms with Gasteiger partial charge in [0.25, 0.3) is 0 Å². The molecule has 0 atom stereocenters. The van der Waals surface area contributed by atoms with Gasteiger partial charge in [0.2, 0.25) is 4.96 Å². The number of hydrogen-bond acceptors (Lipinski definition) is 6. The summed E-state index contributed by atoms with van der Waals surface area (Å²) < 4.78 is 8.73. The second kappa shape index (κ2) is 4.92. The first-order chi connectivity index (χ1) is 10.7. The summed E-state index contributed by atoms with van der Waals surface area (Å²) in [6, 6.07) is 7.80. The van der Waals surface area contributed by atoms with Gasteiger partial charge in [-0.2, -0.15) is 14.7 Å². The molecule has 110 valence electrons. The minimum atomic E-state index is 0.688. The van der Waals surface area contributed by atoms with Crippen molar-refractivity contribution >= 4 is 16.3 Å². The van der Waals surface area contributed by atoms with Crippen LogP contribution < -0.4 is 4.74 Å². The summed E-state index contributed by atoms with van der Waals surface area (Å²) in [5, 5.41) is 18.0. The van der Waals surface area contributed by atoms with Crippen LogP contribution in [-0.2, 0) is 7.05 Å². The van der Waals surface area contributed by atoms with Crippen molar-refractivity contribution in [3.05, 3.63) is 36.7 Å². The molecule has 0 fully saturated rings. The van der Waals surface area contributed by atoms with E-state index in [0.29, 0.717) is 5.82 Å². The molecule has 0 aliphatic carbocycles. The molecule has 0 saturated carbocycles. The van der Waals surface area contributed by atoms with Gasteiger partial charge in [-0.05, 0) is 12.1 Å². The van der Waals surface area contributed by atoms with Gasteiger partial charge in [-0.25, -0.2) is 0 Å². The molecule has 4 aromatic rings. The first-order valence-corrected chi connectivity index (χ1v) is 7.42. The smallest absolute Gasteiger partial charge is 0.235 e. The van der Waals surface area contributed by atoms with Gasteiger partial charge >= 0.3 is 0 Å². The highest BCUT2D eigenvalue weighted by Crippen LogP contribution is 2.29. The summed E-state index contributed by atoms with van der Waals surface area (Å²) in [6.07, 6.45) is 3.64. The number of nitrogens with zero attached hydrogens (tertiary/aromatic N) is 6. The lowest BCUT2D eigenvalue weighted by Gasteiger charge is -2.00. The van der Waals surface area contributed by atoms with Crippen molar-refractivity contribution in [2.75, 3.05) is 7.11 Å². The van der Waals surface area contributed by atoms with E-state index in [0.717, 1.165) is 26.8 Å². The fraction of sp³-hybridized carbons (Fsp3) is 0.143. The molecular weight excluding hydrogens is 300 g/mol. The van der Waals surface area contributed by atoms with Crippen molar-refractivity contribution in [1.29, 1.82) is 0 Å². The van der Waals surface area contributed by atoms with Crippen molar-refractivity contribution in [1.82, 2.24) is 29.6 Å². The number of hydrogen-bond donors (Lipinski definition) is 0. The maximum absolute atomic E-state index is 5.26. The van der Waals surface area contributed by atoms with Crippen LogP contribution in [0.15, 0.2) is 36.7 Å². The molecule has 8 heteroatoms. The summed E-state index contributed by atoms with van der Waals surface area (Å²) >= 11 is 1.49. The molecule has 22 heavy (non-hydrogen) atoms. The van der Waals surface area contributed by atoms with E-state index in [4.69, 9.17) is 4.74 Å². The maximum atomic E-state index is 5.26. The summed E-state index contributed by atoms with van der Waals surface area (Å²) in [7, 11) is 3.52. The van der Waals surface area contributed by atoms with Gasteiger partial charge in [0.1, 0.15) is 10.8 Å². The van der Waals surface area contributed by atoms with Crippen molar-refractivity contribution in [2.24, 2.45) is 7.05 Å². The van der Waals surface area contributed by atoms with E-state index in [9.17, 15) is 0 Å².